The Morgan fingerprint density at radius 2 is 0.333 bits per heavy atom. The van der Waals surface area contributed by atoms with Crippen molar-refractivity contribution in [1.82, 2.24) is 0 Å². The summed E-state index contributed by atoms with van der Waals surface area (Å²) < 4.78 is 0. The standard InChI is InChI=1S/3C44H33N/c1-44(35-19-9-4-10-20-35)41-23-13-11-22-39(41)40-30-29-37(31-42(40)44)45(36-27-25-33(26-28-36)32-15-5-2-6-16-32)43-24-14-12-21-38(43)34-17-7-3-8-18-34;1-44(36-19-9-4-10-20-36)42-23-12-11-22-40(42)41-29-28-39(31-43(41)44)45(37-26-24-34(25-27-37)32-14-5-2-6-15-32)38-21-13-18-35(30-38)33-16-7-3-8-17-33;1-44(36-17-9-4-10-18-36)42-20-12-11-19-40(42)41-30-29-39(31-43(41)44)45(37-25-21-34(22-26-37)32-13-5-2-6-14-32)38-27-23-35(24-28-38)33-15-7-3-8-16-33/h3*2-31H,1H3. The lowest BCUT2D eigenvalue weighted by Gasteiger charge is -2.31. The van der Waals surface area contributed by atoms with Gasteiger partial charge in [-0.1, -0.05) is 443 Å². The molecule has 21 aromatic rings. The van der Waals surface area contributed by atoms with Crippen molar-refractivity contribution in [3.8, 4) is 100 Å². The van der Waals surface area contributed by atoms with E-state index in [1.807, 2.05) is 0 Å². The highest BCUT2D eigenvalue weighted by atomic mass is 15.2. The van der Waals surface area contributed by atoms with Crippen molar-refractivity contribution >= 4 is 51.2 Å². The Hall–Kier alpha value is -17.0. The minimum atomic E-state index is -0.273. The Bertz CT molecular complexity index is 7670. The van der Waals surface area contributed by atoms with Gasteiger partial charge in [0.1, 0.15) is 0 Å². The van der Waals surface area contributed by atoms with Gasteiger partial charge in [0, 0.05) is 67.3 Å². The van der Waals surface area contributed by atoms with E-state index in [1.165, 1.54) is 150 Å². The van der Waals surface area contributed by atoms with Gasteiger partial charge in [0.05, 0.1) is 5.69 Å². The van der Waals surface area contributed by atoms with E-state index in [-0.39, 0.29) is 16.2 Å². The minimum Gasteiger partial charge on any atom is -0.310 e. The molecule has 3 heteroatoms. The largest absolute Gasteiger partial charge is 0.310 e. The second kappa shape index (κ2) is 36.4. The lowest BCUT2D eigenvalue weighted by atomic mass is 9.74. The molecular weight excluding hydrogens is 1630 g/mol. The number of rotatable bonds is 18. The third kappa shape index (κ3) is 15.7. The molecule has 0 amide bonds. The molecule has 0 aliphatic heterocycles. The van der Waals surface area contributed by atoms with E-state index in [2.05, 4.69) is 581 Å². The van der Waals surface area contributed by atoms with Crippen LogP contribution in [0.25, 0.3) is 100 Å². The fraction of sp³-hybridized carbons (Fsp3) is 0.0455. The van der Waals surface area contributed by atoms with Gasteiger partial charge in [-0.25, -0.2) is 0 Å². The predicted molar refractivity (Wildman–Crippen MR) is 568 cm³/mol. The predicted octanol–water partition coefficient (Wildman–Crippen LogP) is 35.5. The molecule has 3 nitrogen and oxygen atoms in total. The average Bonchev–Trinajstić information content (AvgIpc) is 1.57. The number of nitrogens with zero attached hydrogens (tertiary/aromatic N) is 3. The maximum Gasteiger partial charge on any atom is 0.0540 e. The molecule has 0 saturated heterocycles. The van der Waals surface area contributed by atoms with Crippen LogP contribution in [0.3, 0.4) is 0 Å². The third-order valence-corrected chi connectivity index (χ3v) is 28.1. The van der Waals surface area contributed by atoms with Crippen molar-refractivity contribution in [1.29, 1.82) is 0 Å². The number of hydrogen-bond acceptors (Lipinski definition) is 3. The SMILES string of the molecule is CC1(c2ccccc2)c2ccccc2-c2ccc(N(c3ccc(-c4ccccc4)cc3)c3ccc(-c4ccccc4)cc3)cc21.CC1(c2ccccc2)c2ccccc2-c2ccc(N(c3ccc(-c4ccccc4)cc3)c3cccc(-c4ccccc4)c3)cc21.CC1(c2ccccc2)c2ccccc2-c2ccc(N(c3ccc(-c4ccccc4)cc3)c3ccccc3-c3ccccc3)cc21. The van der Waals surface area contributed by atoms with Crippen LogP contribution in [0.15, 0.2) is 546 Å². The first-order valence-corrected chi connectivity index (χ1v) is 46.8. The van der Waals surface area contributed by atoms with E-state index in [0.29, 0.717) is 0 Å². The zero-order chi connectivity index (χ0) is 90.7. The van der Waals surface area contributed by atoms with Crippen LogP contribution in [0.1, 0.15) is 70.8 Å². The van der Waals surface area contributed by atoms with Gasteiger partial charge in [0.2, 0.25) is 0 Å². The molecule has 135 heavy (non-hydrogen) atoms. The fourth-order valence-corrected chi connectivity index (χ4v) is 21.1. The monoisotopic (exact) mass is 1730 g/mol. The van der Waals surface area contributed by atoms with Crippen LogP contribution in [0, 0.1) is 0 Å². The lowest BCUT2D eigenvalue weighted by molar-refractivity contribution is 0.714. The zero-order valence-corrected chi connectivity index (χ0v) is 75.8. The van der Waals surface area contributed by atoms with Crippen molar-refractivity contribution in [2.75, 3.05) is 14.7 Å². The molecule has 3 unspecified atom stereocenters. The Morgan fingerprint density at radius 1 is 0.126 bits per heavy atom. The van der Waals surface area contributed by atoms with E-state index in [0.717, 1.165) is 51.2 Å². The topological polar surface area (TPSA) is 9.72 Å². The highest BCUT2D eigenvalue weighted by molar-refractivity contribution is 5.95. The maximum absolute atomic E-state index is 2.43. The number of para-hydroxylation sites is 1. The summed E-state index contributed by atoms with van der Waals surface area (Å²) in [5.41, 5.74) is 43.7. The molecule has 3 atom stereocenters. The quantitative estimate of drug-likeness (QED) is 0.0848. The first kappa shape index (κ1) is 83.6. The van der Waals surface area contributed by atoms with Crippen molar-refractivity contribution in [2.24, 2.45) is 0 Å². The van der Waals surface area contributed by atoms with Crippen LogP contribution < -0.4 is 14.7 Å². The average molecular weight is 1730 g/mol. The molecule has 642 valence electrons. The number of hydrogen-bond donors (Lipinski definition) is 0. The second-order valence-electron chi connectivity index (χ2n) is 35.8. The molecule has 21 aromatic carbocycles. The molecule has 24 rings (SSSR count). The van der Waals surface area contributed by atoms with Gasteiger partial charge < -0.3 is 14.7 Å². The summed E-state index contributed by atoms with van der Waals surface area (Å²) in [5, 5.41) is 0. The van der Waals surface area contributed by atoms with E-state index in [9.17, 15) is 0 Å². The van der Waals surface area contributed by atoms with Crippen molar-refractivity contribution < 1.29 is 0 Å². The summed E-state index contributed by atoms with van der Waals surface area (Å²) in [5.74, 6) is 0. The summed E-state index contributed by atoms with van der Waals surface area (Å²) in [7, 11) is 0. The van der Waals surface area contributed by atoms with Crippen LogP contribution in [-0.4, -0.2) is 0 Å². The molecule has 0 heterocycles. The summed E-state index contributed by atoms with van der Waals surface area (Å²) in [4.78, 5) is 7.21. The fourth-order valence-electron chi connectivity index (χ4n) is 21.1. The molecule has 0 bridgehead atoms. The van der Waals surface area contributed by atoms with Crippen molar-refractivity contribution in [2.45, 2.75) is 37.0 Å². The van der Waals surface area contributed by atoms with Crippen LogP contribution in [0.5, 0.6) is 0 Å². The van der Waals surface area contributed by atoms with Gasteiger partial charge in [-0.3, -0.25) is 0 Å². The first-order chi connectivity index (χ1) is 66.6. The van der Waals surface area contributed by atoms with Gasteiger partial charge >= 0.3 is 0 Å². The molecule has 0 fully saturated rings. The maximum atomic E-state index is 2.43. The van der Waals surface area contributed by atoms with Gasteiger partial charge in [-0.05, 0) is 269 Å². The normalized spacial score (nSPS) is 14.9. The van der Waals surface area contributed by atoms with Crippen LogP contribution >= 0.6 is 0 Å². The number of fused-ring (bicyclic) bond motifs is 9. The molecule has 0 N–H and O–H groups in total. The number of anilines is 9. The molecule has 0 radical (unpaired) electrons. The van der Waals surface area contributed by atoms with Crippen LogP contribution in [-0.2, 0) is 16.2 Å². The van der Waals surface area contributed by atoms with Crippen molar-refractivity contribution in [3.63, 3.8) is 0 Å². The van der Waals surface area contributed by atoms with E-state index in [1.54, 1.807) is 0 Å². The Morgan fingerprint density at radius 3 is 0.652 bits per heavy atom. The Labute approximate surface area is 793 Å². The Balaban J connectivity index is 0.000000118. The van der Waals surface area contributed by atoms with E-state index < -0.39 is 0 Å². The lowest BCUT2D eigenvalue weighted by Crippen LogP contribution is -2.22. The first-order valence-electron chi connectivity index (χ1n) is 46.8. The molecule has 0 aromatic heterocycles. The van der Waals surface area contributed by atoms with Gasteiger partial charge in [0.15, 0.2) is 0 Å². The summed E-state index contributed by atoms with van der Waals surface area (Å²) >= 11 is 0. The third-order valence-electron chi connectivity index (χ3n) is 28.1. The highest BCUT2D eigenvalue weighted by Crippen LogP contribution is 2.59. The van der Waals surface area contributed by atoms with Crippen LogP contribution in [0.4, 0.5) is 51.2 Å². The number of benzene rings is 21. The highest BCUT2D eigenvalue weighted by Gasteiger charge is 2.44. The summed E-state index contributed by atoms with van der Waals surface area (Å²) in [6, 6.07) is 198. The van der Waals surface area contributed by atoms with E-state index in [4.69, 9.17) is 0 Å². The summed E-state index contributed by atoms with van der Waals surface area (Å²) in [6.45, 7) is 7.14. The van der Waals surface area contributed by atoms with Gasteiger partial charge in [-0.15, -0.1) is 0 Å². The molecule has 3 aliphatic carbocycles. The van der Waals surface area contributed by atoms with Crippen LogP contribution in [0.2, 0.25) is 0 Å². The van der Waals surface area contributed by atoms with E-state index >= 15 is 0 Å². The summed E-state index contributed by atoms with van der Waals surface area (Å²) in [6.07, 6.45) is 0. The minimum absolute atomic E-state index is 0.261. The molecule has 0 spiro atoms. The van der Waals surface area contributed by atoms with Crippen molar-refractivity contribution in [3.05, 3.63) is 596 Å². The molecule has 3 aliphatic rings. The smallest absolute Gasteiger partial charge is 0.0540 e. The zero-order valence-electron chi connectivity index (χ0n) is 75.8. The molecule has 0 saturated carbocycles. The molecular formula is C132H99N3. The van der Waals surface area contributed by atoms with Gasteiger partial charge in [-0.2, -0.15) is 0 Å². The second-order valence-corrected chi connectivity index (χ2v) is 35.8. The van der Waals surface area contributed by atoms with Gasteiger partial charge in [0.25, 0.3) is 0 Å². The Kier molecular flexibility index (Phi) is 22.5.